The highest BCUT2D eigenvalue weighted by molar-refractivity contribution is 8.00. The third-order valence-electron chi connectivity index (χ3n) is 4.95. The summed E-state index contributed by atoms with van der Waals surface area (Å²) in [5.74, 6) is 0.503. The van der Waals surface area contributed by atoms with Crippen LogP contribution in [0.25, 0.3) is 0 Å². The molecule has 0 bridgehead atoms. The zero-order chi connectivity index (χ0) is 22.0. The molecule has 1 aliphatic rings. The SMILES string of the molecule is COc1cc(C(F)(F)F)ccc1C1CCOc2cc(SNc3cccc(F)n3)ccc21. The van der Waals surface area contributed by atoms with E-state index in [1.165, 1.54) is 31.2 Å². The Kier molecular flexibility index (Phi) is 5.95. The lowest BCUT2D eigenvalue weighted by atomic mass is 9.85. The molecule has 2 heterocycles. The van der Waals surface area contributed by atoms with E-state index in [4.69, 9.17) is 9.47 Å². The number of rotatable bonds is 5. The van der Waals surface area contributed by atoms with Crippen molar-refractivity contribution < 1.29 is 27.0 Å². The van der Waals surface area contributed by atoms with Gasteiger partial charge in [0.2, 0.25) is 5.95 Å². The molecule has 0 radical (unpaired) electrons. The molecule has 1 aromatic heterocycles. The number of benzene rings is 2. The second kappa shape index (κ2) is 8.66. The maximum atomic E-state index is 13.2. The molecule has 0 amide bonds. The first-order valence-corrected chi connectivity index (χ1v) is 10.2. The van der Waals surface area contributed by atoms with Crippen LogP contribution in [-0.2, 0) is 6.18 Å². The molecule has 0 saturated heterocycles. The van der Waals surface area contributed by atoms with Gasteiger partial charge in [0.15, 0.2) is 0 Å². The largest absolute Gasteiger partial charge is 0.496 e. The van der Waals surface area contributed by atoms with Gasteiger partial charge < -0.3 is 14.2 Å². The molecule has 0 spiro atoms. The minimum atomic E-state index is -4.44. The van der Waals surface area contributed by atoms with Crippen LogP contribution in [0.3, 0.4) is 0 Å². The molecular formula is C22H18F4N2O2S. The number of fused-ring (bicyclic) bond motifs is 1. The van der Waals surface area contributed by atoms with Crippen molar-refractivity contribution in [2.45, 2.75) is 23.4 Å². The van der Waals surface area contributed by atoms with Crippen LogP contribution in [0, 0.1) is 5.95 Å². The van der Waals surface area contributed by atoms with Crippen LogP contribution in [0.4, 0.5) is 23.4 Å². The summed E-state index contributed by atoms with van der Waals surface area (Å²) in [5.41, 5.74) is 0.809. The first kappa shape index (κ1) is 21.3. The van der Waals surface area contributed by atoms with Gasteiger partial charge in [-0.15, -0.1) is 0 Å². The van der Waals surface area contributed by atoms with Crippen LogP contribution >= 0.6 is 11.9 Å². The fraction of sp³-hybridized carbons (Fsp3) is 0.227. The van der Waals surface area contributed by atoms with E-state index in [1.54, 1.807) is 12.1 Å². The van der Waals surface area contributed by atoms with Crippen molar-refractivity contribution in [2.24, 2.45) is 0 Å². The Balaban J connectivity index is 1.59. The summed E-state index contributed by atoms with van der Waals surface area (Å²) in [4.78, 5) is 4.57. The van der Waals surface area contributed by atoms with Gasteiger partial charge >= 0.3 is 6.18 Å². The summed E-state index contributed by atoms with van der Waals surface area (Å²) in [5, 5.41) is 0. The van der Waals surface area contributed by atoms with Gasteiger partial charge in [0, 0.05) is 21.9 Å². The van der Waals surface area contributed by atoms with Crippen LogP contribution in [0.1, 0.15) is 29.0 Å². The van der Waals surface area contributed by atoms with E-state index >= 15 is 0 Å². The smallest absolute Gasteiger partial charge is 0.416 e. The van der Waals surface area contributed by atoms with Crippen LogP contribution in [0.5, 0.6) is 11.5 Å². The highest BCUT2D eigenvalue weighted by atomic mass is 32.2. The summed E-state index contributed by atoms with van der Waals surface area (Å²) in [7, 11) is 1.37. The van der Waals surface area contributed by atoms with E-state index in [2.05, 4.69) is 9.71 Å². The predicted molar refractivity (Wildman–Crippen MR) is 110 cm³/mol. The molecular weight excluding hydrogens is 432 g/mol. The van der Waals surface area contributed by atoms with E-state index in [0.717, 1.165) is 22.6 Å². The highest BCUT2D eigenvalue weighted by Crippen LogP contribution is 2.44. The van der Waals surface area contributed by atoms with Gasteiger partial charge in [0.25, 0.3) is 0 Å². The van der Waals surface area contributed by atoms with Crippen molar-refractivity contribution in [2.75, 3.05) is 18.4 Å². The third-order valence-corrected chi connectivity index (χ3v) is 5.75. The van der Waals surface area contributed by atoms with E-state index in [-0.39, 0.29) is 11.7 Å². The fourth-order valence-electron chi connectivity index (χ4n) is 3.51. The molecule has 1 aliphatic heterocycles. The Bertz CT molecular complexity index is 1090. The number of anilines is 1. The average Bonchev–Trinajstić information content (AvgIpc) is 2.76. The average molecular weight is 450 g/mol. The minimum absolute atomic E-state index is 0.155. The Morgan fingerprint density at radius 3 is 2.65 bits per heavy atom. The highest BCUT2D eigenvalue weighted by Gasteiger charge is 2.33. The monoisotopic (exact) mass is 450 g/mol. The summed E-state index contributed by atoms with van der Waals surface area (Å²) in [6, 6.07) is 13.7. The first-order valence-electron chi connectivity index (χ1n) is 9.42. The number of ether oxygens (including phenoxy) is 2. The van der Waals surface area contributed by atoms with Gasteiger partial charge in [0.1, 0.15) is 17.3 Å². The van der Waals surface area contributed by atoms with E-state index in [0.29, 0.717) is 30.2 Å². The third kappa shape index (κ3) is 4.71. The maximum Gasteiger partial charge on any atom is 0.416 e. The Morgan fingerprint density at radius 2 is 1.90 bits per heavy atom. The molecule has 0 aliphatic carbocycles. The van der Waals surface area contributed by atoms with Gasteiger partial charge in [0.05, 0.1) is 19.3 Å². The molecule has 4 rings (SSSR count). The van der Waals surface area contributed by atoms with Crippen LogP contribution in [0.15, 0.2) is 59.5 Å². The van der Waals surface area contributed by atoms with Gasteiger partial charge in [-0.25, -0.2) is 4.98 Å². The Hall–Kier alpha value is -2.94. The van der Waals surface area contributed by atoms with E-state index in [9.17, 15) is 17.6 Å². The zero-order valence-corrected chi connectivity index (χ0v) is 17.2. The minimum Gasteiger partial charge on any atom is -0.496 e. The molecule has 162 valence electrons. The van der Waals surface area contributed by atoms with Gasteiger partial charge in [-0.1, -0.05) is 18.2 Å². The molecule has 3 aromatic rings. The van der Waals surface area contributed by atoms with Gasteiger partial charge in [-0.3, -0.25) is 0 Å². The molecule has 0 saturated carbocycles. The number of hydrogen-bond donors (Lipinski definition) is 1. The number of pyridine rings is 1. The van der Waals surface area contributed by atoms with Crippen LogP contribution < -0.4 is 14.2 Å². The predicted octanol–water partition coefficient (Wildman–Crippen LogP) is 6.28. The maximum absolute atomic E-state index is 13.2. The number of nitrogens with zero attached hydrogens (tertiary/aromatic N) is 1. The molecule has 4 nitrogen and oxygen atoms in total. The summed E-state index contributed by atoms with van der Waals surface area (Å²) in [6.07, 6.45) is -3.82. The lowest BCUT2D eigenvalue weighted by molar-refractivity contribution is -0.137. The molecule has 31 heavy (non-hydrogen) atoms. The van der Waals surface area contributed by atoms with Crippen molar-refractivity contribution >= 4 is 17.8 Å². The lowest BCUT2D eigenvalue weighted by Crippen LogP contribution is -2.16. The van der Waals surface area contributed by atoms with Crippen LogP contribution in [0.2, 0.25) is 0 Å². The van der Waals surface area contributed by atoms with Crippen LogP contribution in [-0.4, -0.2) is 18.7 Å². The number of nitrogens with one attached hydrogen (secondary N) is 1. The zero-order valence-electron chi connectivity index (χ0n) is 16.4. The molecule has 2 aromatic carbocycles. The Morgan fingerprint density at radius 1 is 1.10 bits per heavy atom. The van der Waals surface area contributed by atoms with Crippen molar-refractivity contribution in [3.63, 3.8) is 0 Å². The van der Waals surface area contributed by atoms with Gasteiger partial charge in [-0.05, 0) is 54.8 Å². The fourth-order valence-corrected chi connectivity index (χ4v) is 4.15. The molecule has 1 N–H and O–H groups in total. The summed E-state index contributed by atoms with van der Waals surface area (Å²) < 4.78 is 66.5. The van der Waals surface area contributed by atoms with E-state index in [1.807, 2.05) is 18.2 Å². The molecule has 0 fully saturated rings. The number of aromatic nitrogens is 1. The lowest BCUT2D eigenvalue weighted by Gasteiger charge is -2.28. The first-order chi connectivity index (χ1) is 14.8. The normalized spacial score (nSPS) is 15.7. The van der Waals surface area contributed by atoms with Crippen molar-refractivity contribution in [1.82, 2.24) is 4.98 Å². The van der Waals surface area contributed by atoms with Crippen molar-refractivity contribution in [1.29, 1.82) is 0 Å². The number of methoxy groups -OCH3 is 1. The Labute approximate surface area is 180 Å². The van der Waals surface area contributed by atoms with E-state index < -0.39 is 17.7 Å². The van der Waals surface area contributed by atoms with Crippen molar-refractivity contribution in [3.8, 4) is 11.5 Å². The molecule has 1 atom stereocenters. The molecule has 1 unspecified atom stereocenters. The topological polar surface area (TPSA) is 43.4 Å². The number of hydrogen-bond acceptors (Lipinski definition) is 5. The second-order valence-electron chi connectivity index (χ2n) is 6.89. The van der Waals surface area contributed by atoms with Crippen molar-refractivity contribution in [3.05, 3.63) is 77.2 Å². The number of halogens is 4. The summed E-state index contributed by atoms with van der Waals surface area (Å²) >= 11 is 1.26. The second-order valence-corrected chi connectivity index (χ2v) is 7.77. The molecule has 9 heteroatoms. The van der Waals surface area contributed by atoms with Gasteiger partial charge in [-0.2, -0.15) is 17.6 Å². The standard InChI is InChI=1S/C22H18F4N2O2S/c1-29-18-11-13(22(24,25)26)5-7-16(18)15-9-10-30-19-12-14(6-8-17(15)19)31-28-21-4-2-3-20(23)27-21/h2-8,11-12,15H,9-10H2,1H3,(H,27,28). The quantitative estimate of drug-likeness (QED) is 0.282. The number of alkyl halides is 3. The summed E-state index contributed by atoms with van der Waals surface area (Å²) in [6.45, 7) is 0.425.